The van der Waals surface area contributed by atoms with Gasteiger partial charge in [-0.2, -0.15) is 0 Å². The van der Waals surface area contributed by atoms with E-state index in [1.807, 2.05) is 0 Å². The van der Waals surface area contributed by atoms with Crippen molar-refractivity contribution in [1.29, 1.82) is 0 Å². The lowest BCUT2D eigenvalue weighted by Gasteiger charge is -2.34. The van der Waals surface area contributed by atoms with E-state index in [0.29, 0.717) is 18.7 Å². The molecule has 90 valence electrons. The van der Waals surface area contributed by atoms with Gasteiger partial charge in [-0.05, 0) is 18.6 Å². The molecule has 2 heterocycles. The maximum absolute atomic E-state index is 13.7. The van der Waals surface area contributed by atoms with Crippen LogP contribution in [0.3, 0.4) is 0 Å². The summed E-state index contributed by atoms with van der Waals surface area (Å²) in [7, 11) is 0. The highest BCUT2D eigenvalue weighted by Gasteiger charge is 2.51. The molecule has 2 aliphatic rings. The van der Waals surface area contributed by atoms with Crippen LogP contribution >= 0.6 is 0 Å². The topological polar surface area (TPSA) is 49.8 Å². The fourth-order valence-corrected chi connectivity index (χ4v) is 2.74. The summed E-state index contributed by atoms with van der Waals surface area (Å²) in [6, 6.07) is 5.47. The van der Waals surface area contributed by atoms with Gasteiger partial charge in [-0.25, -0.2) is 9.18 Å². The molecule has 3 rings (SSSR count). The smallest absolute Gasteiger partial charge is 0.329 e. The molecule has 2 fully saturated rings. The van der Waals surface area contributed by atoms with Gasteiger partial charge in [-0.3, -0.25) is 0 Å². The highest BCUT2D eigenvalue weighted by atomic mass is 19.1. The van der Waals surface area contributed by atoms with Crippen LogP contribution in [0, 0.1) is 5.82 Å². The zero-order valence-corrected chi connectivity index (χ0v) is 9.04. The third kappa shape index (κ3) is 1.50. The van der Waals surface area contributed by atoms with E-state index in [0.717, 1.165) is 0 Å². The van der Waals surface area contributed by atoms with Gasteiger partial charge in [0.05, 0.1) is 24.4 Å². The molecule has 3 atom stereocenters. The Balaban J connectivity index is 2.02. The Morgan fingerprint density at radius 1 is 1.47 bits per heavy atom. The summed E-state index contributed by atoms with van der Waals surface area (Å²) in [4.78, 5) is 12.9. The molecule has 0 amide bonds. The number of fused-ring (bicyclic) bond motifs is 2. The first-order valence-electron chi connectivity index (χ1n) is 5.56. The Morgan fingerprint density at radius 2 is 2.24 bits per heavy atom. The standard InChI is InChI=1S/C12H12FNO3/c13-8-3-1-2-4-9(8)14-7-5-10(17-6-7)11(14)12(15)16/h1-4,7,10-11H,5-6H2,(H,15,16). The van der Waals surface area contributed by atoms with Gasteiger partial charge in [-0.1, -0.05) is 12.1 Å². The van der Waals surface area contributed by atoms with Crippen molar-refractivity contribution in [3.63, 3.8) is 0 Å². The Kier molecular flexibility index (Phi) is 2.29. The van der Waals surface area contributed by atoms with Crippen LogP contribution in [0.15, 0.2) is 24.3 Å². The molecule has 1 aromatic carbocycles. The molecule has 0 aliphatic carbocycles. The number of anilines is 1. The minimum Gasteiger partial charge on any atom is -0.480 e. The van der Waals surface area contributed by atoms with Crippen LogP contribution in [-0.4, -0.2) is 35.9 Å². The number of rotatable bonds is 2. The summed E-state index contributed by atoms with van der Waals surface area (Å²) in [5, 5.41) is 9.21. The highest BCUT2D eigenvalue weighted by Crippen LogP contribution is 2.38. The maximum Gasteiger partial charge on any atom is 0.329 e. The van der Waals surface area contributed by atoms with Crippen LogP contribution in [0.4, 0.5) is 10.1 Å². The largest absolute Gasteiger partial charge is 0.480 e. The molecule has 1 aromatic rings. The summed E-state index contributed by atoms with van der Waals surface area (Å²) in [6.45, 7) is 0.475. The summed E-state index contributed by atoms with van der Waals surface area (Å²) in [6.07, 6.45) is 0.336. The number of benzene rings is 1. The van der Waals surface area contributed by atoms with E-state index >= 15 is 0 Å². The van der Waals surface area contributed by atoms with Crippen LogP contribution in [0.1, 0.15) is 6.42 Å². The minimum absolute atomic E-state index is 0.0296. The molecule has 17 heavy (non-hydrogen) atoms. The van der Waals surface area contributed by atoms with Gasteiger partial charge in [0.1, 0.15) is 5.82 Å². The molecule has 5 heteroatoms. The molecule has 4 nitrogen and oxygen atoms in total. The molecule has 2 aliphatic heterocycles. The lowest BCUT2D eigenvalue weighted by molar-refractivity contribution is -0.141. The fourth-order valence-electron chi connectivity index (χ4n) is 2.74. The SMILES string of the molecule is O=C(O)C1C2CC(CO2)N1c1ccccc1F. The van der Waals surface area contributed by atoms with Crippen LogP contribution < -0.4 is 4.90 Å². The van der Waals surface area contributed by atoms with E-state index in [-0.39, 0.29) is 18.0 Å². The number of morpholine rings is 1. The zero-order chi connectivity index (χ0) is 12.0. The molecule has 0 spiro atoms. The first kappa shape index (κ1) is 10.5. The van der Waals surface area contributed by atoms with E-state index in [1.165, 1.54) is 6.07 Å². The van der Waals surface area contributed by atoms with Crippen molar-refractivity contribution in [2.24, 2.45) is 0 Å². The highest BCUT2D eigenvalue weighted by molar-refractivity contribution is 5.81. The number of carboxylic acid groups (broad SMARTS) is 1. The number of hydrogen-bond acceptors (Lipinski definition) is 3. The molecule has 2 bridgehead atoms. The van der Waals surface area contributed by atoms with Crippen LogP contribution in [0.2, 0.25) is 0 Å². The second kappa shape index (κ2) is 3.70. The van der Waals surface area contributed by atoms with Gasteiger partial charge in [0, 0.05) is 0 Å². The Bertz CT molecular complexity index is 465. The summed E-state index contributed by atoms with van der Waals surface area (Å²) >= 11 is 0. The van der Waals surface area contributed by atoms with Crippen LogP contribution in [-0.2, 0) is 9.53 Å². The van der Waals surface area contributed by atoms with Gasteiger partial charge in [0.2, 0.25) is 0 Å². The van der Waals surface area contributed by atoms with Gasteiger partial charge < -0.3 is 14.7 Å². The lowest BCUT2D eigenvalue weighted by Crippen LogP contribution is -2.50. The second-order valence-electron chi connectivity index (χ2n) is 4.40. The fraction of sp³-hybridized carbons (Fsp3) is 0.417. The molecular formula is C12H12FNO3. The van der Waals surface area contributed by atoms with Crippen LogP contribution in [0.25, 0.3) is 0 Å². The summed E-state index contributed by atoms with van der Waals surface area (Å²) in [5.41, 5.74) is 0.357. The number of para-hydroxylation sites is 1. The van der Waals surface area contributed by atoms with Crippen molar-refractivity contribution in [2.45, 2.75) is 24.6 Å². The van der Waals surface area contributed by atoms with Crippen molar-refractivity contribution in [3.8, 4) is 0 Å². The van der Waals surface area contributed by atoms with E-state index in [9.17, 15) is 14.3 Å². The summed E-state index contributed by atoms with van der Waals surface area (Å²) in [5.74, 6) is -1.34. The average molecular weight is 237 g/mol. The molecular weight excluding hydrogens is 225 g/mol. The van der Waals surface area contributed by atoms with Gasteiger partial charge in [-0.15, -0.1) is 0 Å². The van der Waals surface area contributed by atoms with Crippen molar-refractivity contribution >= 4 is 11.7 Å². The number of carbonyl (C=O) groups is 1. The number of carboxylic acids is 1. The maximum atomic E-state index is 13.7. The van der Waals surface area contributed by atoms with Gasteiger partial charge >= 0.3 is 5.97 Å². The number of hydrogen-bond donors (Lipinski definition) is 1. The first-order chi connectivity index (χ1) is 8.18. The number of nitrogens with zero attached hydrogens (tertiary/aromatic N) is 1. The Hall–Kier alpha value is -1.62. The van der Waals surface area contributed by atoms with E-state index in [2.05, 4.69) is 0 Å². The lowest BCUT2D eigenvalue weighted by atomic mass is 10.1. The van der Waals surface area contributed by atoms with E-state index in [4.69, 9.17) is 4.74 Å². The van der Waals surface area contributed by atoms with E-state index < -0.39 is 12.0 Å². The van der Waals surface area contributed by atoms with E-state index in [1.54, 1.807) is 23.1 Å². The van der Waals surface area contributed by atoms with Gasteiger partial charge in [0.25, 0.3) is 0 Å². The number of ether oxygens (including phenoxy) is 1. The quantitative estimate of drug-likeness (QED) is 0.841. The zero-order valence-electron chi connectivity index (χ0n) is 9.04. The van der Waals surface area contributed by atoms with Crippen molar-refractivity contribution in [3.05, 3.63) is 30.1 Å². The predicted octanol–water partition coefficient (Wildman–Crippen LogP) is 1.26. The molecule has 1 N–H and O–H groups in total. The second-order valence-corrected chi connectivity index (χ2v) is 4.40. The van der Waals surface area contributed by atoms with Crippen molar-refractivity contribution < 1.29 is 19.0 Å². The minimum atomic E-state index is -0.958. The molecule has 3 unspecified atom stereocenters. The third-order valence-electron chi connectivity index (χ3n) is 3.44. The molecule has 0 radical (unpaired) electrons. The Labute approximate surface area is 97.6 Å². The average Bonchev–Trinajstić information content (AvgIpc) is 2.89. The monoisotopic (exact) mass is 237 g/mol. The normalized spacial score (nSPS) is 30.9. The van der Waals surface area contributed by atoms with Crippen molar-refractivity contribution in [2.75, 3.05) is 11.5 Å². The number of halogens is 1. The molecule has 0 saturated carbocycles. The summed E-state index contributed by atoms with van der Waals surface area (Å²) < 4.78 is 19.1. The molecule has 2 saturated heterocycles. The predicted molar refractivity (Wildman–Crippen MR) is 58.4 cm³/mol. The first-order valence-corrected chi connectivity index (χ1v) is 5.56. The van der Waals surface area contributed by atoms with Crippen LogP contribution in [0.5, 0.6) is 0 Å². The Morgan fingerprint density at radius 3 is 2.94 bits per heavy atom. The van der Waals surface area contributed by atoms with Crippen molar-refractivity contribution in [1.82, 2.24) is 0 Å². The third-order valence-corrected chi connectivity index (χ3v) is 3.44. The van der Waals surface area contributed by atoms with Gasteiger partial charge in [0.15, 0.2) is 6.04 Å². The molecule has 0 aromatic heterocycles. The number of aliphatic carboxylic acids is 1.